The van der Waals surface area contributed by atoms with Gasteiger partial charge in [0.2, 0.25) is 5.79 Å². The van der Waals surface area contributed by atoms with Crippen molar-refractivity contribution in [3.63, 3.8) is 0 Å². The van der Waals surface area contributed by atoms with Crippen molar-refractivity contribution < 1.29 is 38.8 Å². The van der Waals surface area contributed by atoms with Crippen LogP contribution in [0.3, 0.4) is 0 Å². The van der Waals surface area contributed by atoms with Crippen molar-refractivity contribution >= 4 is 22.6 Å². The molecule has 1 saturated carbocycles. The van der Waals surface area contributed by atoms with Crippen LogP contribution in [0.2, 0.25) is 0 Å². The number of aryl methyl sites for hydroxylation is 2. The number of hydrogen-bond acceptors (Lipinski definition) is 9. The lowest BCUT2D eigenvalue weighted by Gasteiger charge is -2.59. The van der Waals surface area contributed by atoms with Crippen LogP contribution in [0.4, 0.5) is 4.79 Å². The van der Waals surface area contributed by atoms with Gasteiger partial charge in [-0.2, -0.15) is 0 Å². The molecule has 3 aliphatic rings. The fourth-order valence-corrected chi connectivity index (χ4v) is 10.00. The molecule has 1 fully saturated rings. The topological polar surface area (TPSA) is 119 Å². The van der Waals surface area contributed by atoms with Gasteiger partial charge in [0.25, 0.3) is 0 Å². The van der Waals surface area contributed by atoms with Crippen LogP contribution in [0.25, 0.3) is 10.8 Å². The quantitative estimate of drug-likeness (QED) is 0.0483. The van der Waals surface area contributed by atoms with Gasteiger partial charge < -0.3 is 34.0 Å². The predicted octanol–water partition coefficient (Wildman–Crippen LogP) is 11.1. The monoisotopic (exact) mass is 856 g/mol. The van der Waals surface area contributed by atoms with Crippen LogP contribution in [-0.2, 0) is 20.9 Å². The summed E-state index contributed by atoms with van der Waals surface area (Å²) in [6.45, 7) is 15.1. The summed E-state index contributed by atoms with van der Waals surface area (Å²) < 4.78 is 27.3. The summed E-state index contributed by atoms with van der Waals surface area (Å²) in [6.07, 6.45) is 10.7. The standard InChI is InChI=1S/C53H64N2O8/c1-6-9-30-59-52(58)55(35-40-20-16-19-38-17-10-11-21-43(38)40)49-34-47(54-61-8-3)45-32-39(18-12-14-27-56)44(22-13-15-28-57)50-46-33-42(62-41-24-23-36(4)37(5)31-41)25-26-48(46)63-53(49,51(45)50)60-29-7-2/h6-7,10-11,16-17,19-21,23-26,31-33,39,44,49-51,56-57H,1-2,8-9,12-15,18,22,27-30,34-35H2,3-5H3. The first-order valence-electron chi connectivity index (χ1n) is 22.7. The Balaban J connectivity index is 1.46. The van der Waals surface area contributed by atoms with Gasteiger partial charge in [-0.25, -0.2) is 4.79 Å². The Morgan fingerprint density at radius 3 is 2.44 bits per heavy atom. The highest BCUT2D eigenvalue weighted by Gasteiger charge is 2.65. The van der Waals surface area contributed by atoms with Crippen LogP contribution >= 0.6 is 0 Å². The molecular formula is C53H64N2O8. The Hall–Kier alpha value is -5.42. The first kappa shape index (κ1) is 45.6. The molecule has 1 amide bonds. The second kappa shape index (κ2) is 21.3. The smallest absolute Gasteiger partial charge is 0.410 e. The van der Waals surface area contributed by atoms with Crippen LogP contribution < -0.4 is 9.47 Å². The fourth-order valence-electron chi connectivity index (χ4n) is 10.00. The van der Waals surface area contributed by atoms with E-state index in [9.17, 15) is 15.0 Å². The minimum absolute atomic E-state index is 0.0633. The molecule has 0 saturated heterocycles. The van der Waals surface area contributed by atoms with Gasteiger partial charge in [-0.3, -0.25) is 4.90 Å². The van der Waals surface area contributed by atoms with Crippen molar-refractivity contribution in [3.05, 3.63) is 138 Å². The molecule has 1 heterocycles. The number of ether oxygens (including phenoxy) is 4. The Bertz CT molecular complexity index is 2280. The number of amides is 1. The maximum Gasteiger partial charge on any atom is 0.410 e. The van der Waals surface area contributed by atoms with Crippen molar-refractivity contribution in [2.24, 2.45) is 22.9 Å². The predicted molar refractivity (Wildman–Crippen MR) is 248 cm³/mol. The van der Waals surface area contributed by atoms with E-state index in [0.717, 1.165) is 70.2 Å². The Morgan fingerprint density at radius 2 is 1.68 bits per heavy atom. The molecule has 0 aromatic heterocycles. The van der Waals surface area contributed by atoms with Crippen molar-refractivity contribution in [2.75, 3.05) is 33.0 Å². The molecule has 0 radical (unpaired) electrons. The van der Waals surface area contributed by atoms with E-state index in [1.165, 1.54) is 5.56 Å². The van der Waals surface area contributed by atoms with E-state index < -0.39 is 23.8 Å². The molecule has 10 heteroatoms. The summed E-state index contributed by atoms with van der Waals surface area (Å²) in [5, 5.41) is 26.9. The molecular weight excluding hydrogens is 793 g/mol. The molecule has 1 aliphatic heterocycles. The number of rotatable bonds is 21. The lowest BCUT2D eigenvalue weighted by Crippen LogP contribution is -2.70. The van der Waals surface area contributed by atoms with Crippen molar-refractivity contribution in [2.45, 2.75) is 96.4 Å². The zero-order valence-electron chi connectivity index (χ0n) is 37.2. The normalized spacial score (nSPS) is 22.9. The number of benzene rings is 4. The molecule has 0 bridgehead atoms. The number of aliphatic hydroxyl groups excluding tert-OH is 2. The van der Waals surface area contributed by atoms with Gasteiger partial charge >= 0.3 is 6.09 Å². The van der Waals surface area contributed by atoms with Gasteiger partial charge in [0.1, 0.15) is 29.9 Å². The van der Waals surface area contributed by atoms with Crippen LogP contribution in [-0.4, -0.2) is 71.8 Å². The highest BCUT2D eigenvalue weighted by molar-refractivity contribution is 6.03. The van der Waals surface area contributed by atoms with Gasteiger partial charge in [0.05, 0.1) is 31.4 Å². The number of aliphatic hydroxyl groups is 2. The molecule has 0 spiro atoms. The average Bonchev–Trinajstić information content (AvgIpc) is 3.29. The molecule has 4 aromatic carbocycles. The molecule has 7 rings (SSSR count). The van der Waals surface area contributed by atoms with E-state index >= 15 is 0 Å². The molecule has 63 heavy (non-hydrogen) atoms. The maximum absolute atomic E-state index is 14.9. The molecule has 334 valence electrons. The summed E-state index contributed by atoms with van der Waals surface area (Å²) in [6, 6.07) is 25.7. The van der Waals surface area contributed by atoms with Gasteiger partial charge in [-0.05, 0) is 128 Å². The molecule has 4 aromatic rings. The van der Waals surface area contributed by atoms with Crippen LogP contribution in [0.15, 0.2) is 121 Å². The second-order valence-corrected chi connectivity index (χ2v) is 17.0. The number of nitrogens with zero attached hydrogens (tertiary/aromatic N) is 2. The highest BCUT2D eigenvalue weighted by atomic mass is 16.7. The molecule has 6 atom stereocenters. The first-order chi connectivity index (χ1) is 30.8. The van der Waals surface area contributed by atoms with Gasteiger partial charge in [-0.15, -0.1) is 13.2 Å². The van der Waals surface area contributed by atoms with E-state index in [4.69, 9.17) is 28.9 Å². The summed E-state index contributed by atoms with van der Waals surface area (Å²) in [7, 11) is 0. The van der Waals surface area contributed by atoms with E-state index in [0.29, 0.717) is 37.4 Å². The Morgan fingerprint density at radius 1 is 0.921 bits per heavy atom. The molecule has 10 nitrogen and oxygen atoms in total. The highest BCUT2D eigenvalue weighted by Crippen LogP contribution is 2.62. The number of fused-ring (bicyclic) bond motifs is 3. The average molecular weight is 857 g/mol. The van der Waals surface area contributed by atoms with E-state index in [1.807, 2.05) is 43.3 Å². The van der Waals surface area contributed by atoms with Crippen molar-refractivity contribution in [1.82, 2.24) is 4.90 Å². The van der Waals surface area contributed by atoms with Crippen LogP contribution in [0.5, 0.6) is 17.2 Å². The lowest BCUT2D eigenvalue weighted by molar-refractivity contribution is -0.256. The second-order valence-electron chi connectivity index (χ2n) is 17.0. The number of carbonyl (C=O) groups excluding carboxylic acids is 1. The SMILES string of the molecule is C=CCCOC(=O)N(Cc1cccc2ccccc12)C1CC(=NOCC)C2=CC(CCCCO)C(CCCCO)C3c4cc(Oc5ccc(C)c(C)c5)ccc4OC1(OCC=C)C23. The van der Waals surface area contributed by atoms with E-state index in [-0.39, 0.29) is 57.1 Å². The van der Waals surface area contributed by atoms with Crippen molar-refractivity contribution in [1.29, 1.82) is 0 Å². The largest absolute Gasteiger partial charge is 0.459 e. The van der Waals surface area contributed by atoms with Gasteiger partial charge in [0, 0.05) is 31.1 Å². The first-order valence-corrected chi connectivity index (χ1v) is 22.7. The Labute approximate surface area is 372 Å². The zero-order chi connectivity index (χ0) is 44.3. The van der Waals surface area contributed by atoms with E-state index in [2.05, 4.69) is 75.5 Å². The molecule has 6 unspecified atom stereocenters. The Kier molecular flexibility index (Phi) is 15.4. The van der Waals surface area contributed by atoms with Crippen LogP contribution in [0, 0.1) is 31.6 Å². The van der Waals surface area contributed by atoms with Gasteiger partial charge in [-0.1, -0.05) is 84.8 Å². The third-order valence-corrected chi connectivity index (χ3v) is 13.0. The number of hydrogen-bond donors (Lipinski definition) is 2. The molecule has 2 N–H and O–H groups in total. The number of allylic oxidation sites excluding steroid dienone is 1. The zero-order valence-corrected chi connectivity index (χ0v) is 37.2. The summed E-state index contributed by atoms with van der Waals surface area (Å²) in [4.78, 5) is 22.6. The minimum Gasteiger partial charge on any atom is -0.459 e. The lowest BCUT2D eigenvalue weighted by atomic mass is 9.55. The fraction of sp³-hybridized carbons (Fsp3) is 0.434. The van der Waals surface area contributed by atoms with E-state index in [1.54, 1.807) is 17.1 Å². The summed E-state index contributed by atoms with van der Waals surface area (Å²) in [5.41, 5.74) is 5.96. The summed E-state index contributed by atoms with van der Waals surface area (Å²) in [5.74, 6) is 0.122. The van der Waals surface area contributed by atoms with Crippen LogP contribution in [0.1, 0.15) is 86.5 Å². The minimum atomic E-state index is -1.44. The third-order valence-electron chi connectivity index (χ3n) is 13.0. The molecule has 2 aliphatic carbocycles. The number of oxime groups is 1. The third kappa shape index (κ3) is 9.89. The number of carbonyl (C=O) groups is 1. The van der Waals surface area contributed by atoms with Crippen molar-refractivity contribution in [3.8, 4) is 17.2 Å². The maximum atomic E-state index is 14.9. The van der Waals surface area contributed by atoms with Gasteiger partial charge in [0.15, 0.2) is 0 Å². The number of unbranched alkanes of at least 4 members (excludes halogenated alkanes) is 2. The summed E-state index contributed by atoms with van der Waals surface area (Å²) >= 11 is 0.